The van der Waals surface area contributed by atoms with E-state index in [0.29, 0.717) is 0 Å². The van der Waals surface area contributed by atoms with Gasteiger partial charge in [0.05, 0.1) is 0 Å². The Morgan fingerprint density at radius 1 is 0.526 bits per heavy atom. The largest absolute Gasteiger partial charge is 0.179 e. The van der Waals surface area contributed by atoms with E-state index in [1.54, 1.807) is 0 Å². The second-order valence-corrected chi connectivity index (χ2v) is 5.51. The fourth-order valence-corrected chi connectivity index (χ4v) is 2.21. The van der Waals surface area contributed by atoms with Crippen molar-refractivity contribution in [1.82, 2.24) is 0 Å². The summed E-state index contributed by atoms with van der Waals surface area (Å²) in [5.41, 5.74) is 0. The third kappa shape index (κ3) is 17.6. The van der Waals surface area contributed by atoms with Gasteiger partial charge in [0, 0.05) is 0 Å². The molecular weight excluding hydrogens is 248 g/mol. The number of benzene rings is 1. The van der Waals surface area contributed by atoms with Gasteiger partial charge in [-0.2, -0.15) is 12.6 Å². The van der Waals surface area contributed by atoms with Crippen LogP contribution in [0.3, 0.4) is 0 Å². The van der Waals surface area contributed by atoms with Crippen LogP contribution in [-0.4, -0.2) is 5.75 Å². The van der Waals surface area contributed by atoms with Crippen molar-refractivity contribution in [2.45, 2.75) is 71.1 Å². The lowest BCUT2D eigenvalue weighted by Crippen LogP contribution is -1.81. The lowest BCUT2D eigenvalue weighted by molar-refractivity contribution is 0.563. The minimum absolute atomic E-state index is 1.07. The van der Waals surface area contributed by atoms with E-state index < -0.39 is 0 Å². The molecule has 0 bridgehead atoms. The van der Waals surface area contributed by atoms with Crippen molar-refractivity contribution < 1.29 is 0 Å². The molecule has 0 spiro atoms. The molecule has 0 amide bonds. The van der Waals surface area contributed by atoms with Gasteiger partial charge in [-0.1, -0.05) is 101 Å². The number of hydrogen-bond acceptors (Lipinski definition) is 1. The highest BCUT2D eigenvalue weighted by Crippen LogP contribution is 2.10. The van der Waals surface area contributed by atoms with Crippen molar-refractivity contribution in [3.63, 3.8) is 0 Å². The molecule has 0 aliphatic rings. The highest BCUT2D eigenvalue weighted by Gasteiger charge is 1.91. The van der Waals surface area contributed by atoms with Crippen LogP contribution in [0, 0.1) is 0 Å². The van der Waals surface area contributed by atoms with E-state index in [-0.39, 0.29) is 0 Å². The summed E-state index contributed by atoms with van der Waals surface area (Å²) in [4.78, 5) is 0. The second kappa shape index (κ2) is 17.6. The fourth-order valence-electron chi connectivity index (χ4n) is 1.98. The minimum atomic E-state index is 1.07. The summed E-state index contributed by atoms with van der Waals surface area (Å²) >= 11 is 4.20. The van der Waals surface area contributed by atoms with Crippen LogP contribution in [0.4, 0.5) is 0 Å². The highest BCUT2D eigenvalue weighted by molar-refractivity contribution is 7.80. The molecule has 1 aromatic rings. The van der Waals surface area contributed by atoms with E-state index in [9.17, 15) is 0 Å². The molecule has 1 aromatic carbocycles. The third-order valence-corrected chi connectivity index (χ3v) is 3.49. The van der Waals surface area contributed by atoms with Crippen molar-refractivity contribution in [2.24, 2.45) is 0 Å². The lowest BCUT2D eigenvalue weighted by Gasteiger charge is -2.00. The predicted molar refractivity (Wildman–Crippen MR) is 92.1 cm³/mol. The molecule has 0 heterocycles. The maximum absolute atomic E-state index is 4.20. The summed E-state index contributed by atoms with van der Waals surface area (Å²) in [5, 5.41) is 0. The van der Waals surface area contributed by atoms with Crippen LogP contribution < -0.4 is 0 Å². The van der Waals surface area contributed by atoms with Gasteiger partial charge in [-0.15, -0.1) is 0 Å². The Bertz CT molecular complexity index is 196. The third-order valence-electron chi connectivity index (χ3n) is 3.18. The zero-order valence-corrected chi connectivity index (χ0v) is 13.6. The van der Waals surface area contributed by atoms with E-state index in [0.717, 1.165) is 5.75 Å². The van der Waals surface area contributed by atoms with Crippen LogP contribution >= 0.6 is 12.6 Å². The quantitative estimate of drug-likeness (QED) is 0.366. The maximum Gasteiger partial charge on any atom is -0.00979 e. The zero-order chi connectivity index (χ0) is 14.0. The second-order valence-electron chi connectivity index (χ2n) is 5.06. The first-order valence-corrected chi connectivity index (χ1v) is 8.66. The Hall–Kier alpha value is -0.430. The summed E-state index contributed by atoms with van der Waals surface area (Å²) in [7, 11) is 0. The Balaban J connectivity index is 0.000000443. The molecule has 0 aliphatic carbocycles. The first-order valence-electron chi connectivity index (χ1n) is 8.02. The monoisotopic (exact) mass is 280 g/mol. The molecule has 0 atom stereocenters. The average molecular weight is 281 g/mol. The van der Waals surface area contributed by atoms with Crippen LogP contribution in [0.1, 0.15) is 71.1 Å². The molecule has 0 nitrogen and oxygen atoms in total. The van der Waals surface area contributed by atoms with Crippen molar-refractivity contribution >= 4 is 12.6 Å². The molecule has 0 fully saturated rings. The smallest absolute Gasteiger partial charge is 0.00979 e. The van der Waals surface area contributed by atoms with Gasteiger partial charge in [0.1, 0.15) is 0 Å². The van der Waals surface area contributed by atoms with Crippen LogP contribution in [0.25, 0.3) is 0 Å². The molecule has 0 saturated carbocycles. The molecule has 110 valence electrons. The van der Waals surface area contributed by atoms with Gasteiger partial charge in [-0.3, -0.25) is 0 Å². The summed E-state index contributed by atoms with van der Waals surface area (Å²) in [6.45, 7) is 2.28. The van der Waals surface area contributed by atoms with Crippen LogP contribution in [0.5, 0.6) is 0 Å². The Kier molecular flexibility index (Phi) is 17.2. The molecule has 1 heteroatoms. The molecule has 0 N–H and O–H groups in total. The number of thiol groups is 1. The van der Waals surface area contributed by atoms with Crippen LogP contribution in [0.2, 0.25) is 0 Å². The Morgan fingerprint density at radius 3 is 1.16 bits per heavy atom. The number of unbranched alkanes of at least 4 members (excludes halogenated alkanes) is 9. The van der Waals surface area contributed by atoms with E-state index >= 15 is 0 Å². The lowest BCUT2D eigenvalue weighted by atomic mass is 10.1. The fraction of sp³-hybridized carbons (Fsp3) is 0.667. The van der Waals surface area contributed by atoms with E-state index in [1.165, 1.54) is 64.2 Å². The van der Waals surface area contributed by atoms with Crippen molar-refractivity contribution in [3.05, 3.63) is 36.4 Å². The van der Waals surface area contributed by atoms with E-state index in [4.69, 9.17) is 0 Å². The van der Waals surface area contributed by atoms with Crippen molar-refractivity contribution in [2.75, 3.05) is 5.75 Å². The topological polar surface area (TPSA) is 0 Å². The van der Waals surface area contributed by atoms with Crippen LogP contribution in [-0.2, 0) is 0 Å². The Morgan fingerprint density at radius 2 is 0.842 bits per heavy atom. The molecule has 0 saturated heterocycles. The van der Waals surface area contributed by atoms with Gasteiger partial charge >= 0.3 is 0 Å². The summed E-state index contributed by atoms with van der Waals surface area (Å²) in [6, 6.07) is 12.0. The normalized spacial score (nSPS) is 9.79. The van der Waals surface area contributed by atoms with Gasteiger partial charge in [-0.25, -0.2) is 0 Å². The molecule has 0 unspecified atom stereocenters. The first-order chi connectivity index (χ1) is 9.41. The van der Waals surface area contributed by atoms with E-state index in [2.05, 4.69) is 19.6 Å². The Labute approximate surface area is 126 Å². The number of hydrogen-bond donors (Lipinski definition) is 1. The van der Waals surface area contributed by atoms with Crippen molar-refractivity contribution in [1.29, 1.82) is 0 Å². The number of rotatable bonds is 10. The predicted octanol–water partition coefficient (Wildman–Crippen LogP) is 6.52. The molecular formula is C18H32S. The van der Waals surface area contributed by atoms with Gasteiger partial charge in [0.15, 0.2) is 0 Å². The molecule has 1 rings (SSSR count). The summed E-state index contributed by atoms with van der Waals surface area (Å²) in [6.07, 6.45) is 14.2. The van der Waals surface area contributed by atoms with Crippen molar-refractivity contribution in [3.8, 4) is 0 Å². The summed E-state index contributed by atoms with van der Waals surface area (Å²) < 4.78 is 0. The zero-order valence-electron chi connectivity index (χ0n) is 12.7. The SMILES string of the molecule is CCCCCCCCCCCCS.c1ccccc1. The standard InChI is InChI=1S/C12H26S.C6H6/c1-2-3-4-5-6-7-8-9-10-11-12-13;1-2-4-6-5-3-1/h13H,2-12H2,1H3;1-6H. The van der Waals surface area contributed by atoms with Gasteiger partial charge in [0.25, 0.3) is 0 Å². The highest BCUT2D eigenvalue weighted by atomic mass is 32.1. The van der Waals surface area contributed by atoms with Gasteiger partial charge < -0.3 is 0 Å². The molecule has 19 heavy (non-hydrogen) atoms. The molecule has 0 aliphatic heterocycles. The maximum atomic E-state index is 4.20. The summed E-state index contributed by atoms with van der Waals surface area (Å²) in [5.74, 6) is 1.07. The van der Waals surface area contributed by atoms with E-state index in [1.807, 2.05) is 36.4 Å². The molecule has 0 aromatic heterocycles. The van der Waals surface area contributed by atoms with Gasteiger partial charge in [0.2, 0.25) is 0 Å². The first kappa shape index (κ1) is 18.6. The molecule has 0 radical (unpaired) electrons. The average Bonchev–Trinajstić information content (AvgIpc) is 2.48. The van der Waals surface area contributed by atoms with Gasteiger partial charge in [-0.05, 0) is 12.2 Å². The minimum Gasteiger partial charge on any atom is -0.179 e. The van der Waals surface area contributed by atoms with Crippen LogP contribution in [0.15, 0.2) is 36.4 Å².